The maximum Gasteiger partial charge on any atom is 0.237 e. The zero-order valence-electron chi connectivity index (χ0n) is 10.6. The first-order chi connectivity index (χ1) is 8.99. The Hall–Kier alpha value is -1.53. The first-order valence-corrected chi connectivity index (χ1v) is 6.50. The number of nitrogens with one attached hydrogen (secondary N) is 1. The molecular weight excluding hydrogens is 265 g/mol. The van der Waals surface area contributed by atoms with E-state index in [-0.39, 0.29) is 22.8 Å². The van der Waals surface area contributed by atoms with Crippen molar-refractivity contribution in [3.8, 4) is 0 Å². The van der Waals surface area contributed by atoms with Crippen LogP contribution < -0.4 is 11.1 Å². The summed E-state index contributed by atoms with van der Waals surface area (Å²) in [5.74, 6) is -0.366. The third kappa shape index (κ3) is 3.08. The van der Waals surface area contributed by atoms with Crippen LogP contribution >= 0.6 is 12.2 Å². The quantitative estimate of drug-likeness (QED) is 0.804. The molecule has 0 spiro atoms. The Bertz CT molecular complexity index is 521. The summed E-state index contributed by atoms with van der Waals surface area (Å²) in [6.07, 6.45) is 0. The van der Waals surface area contributed by atoms with Crippen LogP contribution in [0.3, 0.4) is 0 Å². The number of carbonyl (C=O) groups is 1. The van der Waals surface area contributed by atoms with Crippen molar-refractivity contribution in [1.82, 2.24) is 10.2 Å². The van der Waals surface area contributed by atoms with Crippen molar-refractivity contribution in [3.63, 3.8) is 0 Å². The van der Waals surface area contributed by atoms with Crippen LogP contribution in [0, 0.1) is 5.82 Å². The number of carbonyl (C=O) groups excluding carboxylic acids is 1. The minimum atomic E-state index is -0.344. The molecule has 1 unspecified atom stereocenters. The van der Waals surface area contributed by atoms with E-state index < -0.39 is 0 Å². The molecule has 1 heterocycles. The van der Waals surface area contributed by atoms with E-state index in [9.17, 15) is 9.18 Å². The molecule has 1 atom stereocenters. The highest BCUT2D eigenvalue weighted by atomic mass is 32.1. The van der Waals surface area contributed by atoms with Crippen LogP contribution in [0.5, 0.6) is 0 Å². The maximum atomic E-state index is 13.9. The molecular formula is C13H16FN3OS. The molecule has 6 heteroatoms. The lowest BCUT2D eigenvalue weighted by atomic mass is 10.1. The molecule has 0 radical (unpaired) electrons. The summed E-state index contributed by atoms with van der Waals surface area (Å²) in [7, 11) is 0. The predicted molar refractivity (Wildman–Crippen MR) is 75.2 cm³/mol. The molecule has 1 aromatic rings. The number of halogens is 1. The summed E-state index contributed by atoms with van der Waals surface area (Å²) >= 11 is 4.81. The fraction of sp³-hybridized carbons (Fsp3) is 0.385. The van der Waals surface area contributed by atoms with Gasteiger partial charge in [0.05, 0.1) is 6.04 Å². The Kier molecular flexibility index (Phi) is 4.11. The van der Waals surface area contributed by atoms with Gasteiger partial charge >= 0.3 is 0 Å². The van der Waals surface area contributed by atoms with E-state index >= 15 is 0 Å². The van der Waals surface area contributed by atoms with E-state index in [4.69, 9.17) is 18.0 Å². The monoisotopic (exact) mass is 281 g/mol. The molecule has 1 aromatic carbocycles. The molecule has 102 valence electrons. The number of hydrogen-bond acceptors (Lipinski definition) is 3. The lowest BCUT2D eigenvalue weighted by molar-refractivity contribution is -0.128. The molecule has 19 heavy (non-hydrogen) atoms. The standard InChI is InChI=1S/C13H16FN3OS/c1-8-13(18)16-4-5-17(8)7-10-3-2-9(12(15)19)6-11(10)14/h2-3,6,8H,4-5,7H2,1H3,(H2,15,19)(H,16,18). The van der Waals surface area contributed by atoms with Gasteiger partial charge in [-0.1, -0.05) is 24.4 Å². The summed E-state index contributed by atoms with van der Waals surface area (Å²) in [5, 5.41) is 2.78. The van der Waals surface area contributed by atoms with E-state index in [0.29, 0.717) is 30.8 Å². The third-order valence-corrected chi connectivity index (χ3v) is 3.57. The average molecular weight is 281 g/mol. The van der Waals surface area contributed by atoms with Crippen molar-refractivity contribution < 1.29 is 9.18 Å². The van der Waals surface area contributed by atoms with Crippen molar-refractivity contribution in [2.75, 3.05) is 13.1 Å². The molecule has 1 fully saturated rings. The SMILES string of the molecule is CC1C(=O)NCCN1Cc1ccc(C(N)=S)cc1F. The van der Waals surface area contributed by atoms with E-state index in [1.165, 1.54) is 6.07 Å². The Morgan fingerprint density at radius 2 is 2.37 bits per heavy atom. The van der Waals surface area contributed by atoms with Crippen molar-refractivity contribution in [3.05, 3.63) is 35.1 Å². The van der Waals surface area contributed by atoms with Gasteiger partial charge in [-0.05, 0) is 13.0 Å². The topological polar surface area (TPSA) is 58.4 Å². The summed E-state index contributed by atoms with van der Waals surface area (Å²) < 4.78 is 13.9. The second-order valence-electron chi connectivity index (χ2n) is 4.61. The van der Waals surface area contributed by atoms with Gasteiger partial charge in [-0.25, -0.2) is 4.39 Å². The van der Waals surface area contributed by atoms with Crippen LogP contribution in [0.2, 0.25) is 0 Å². The zero-order chi connectivity index (χ0) is 14.0. The molecule has 2 rings (SSSR count). The number of rotatable bonds is 3. The molecule has 3 N–H and O–H groups in total. The van der Waals surface area contributed by atoms with E-state index in [2.05, 4.69) is 5.32 Å². The fourth-order valence-corrected chi connectivity index (χ4v) is 2.22. The molecule has 0 aromatic heterocycles. The molecule has 0 bridgehead atoms. The van der Waals surface area contributed by atoms with Crippen LogP contribution in [0.1, 0.15) is 18.1 Å². The van der Waals surface area contributed by atoms with Gasteiger partial charge in [0, 0.05) is 30.8 Å². The van der Waals surface area contributed by atoms with E-state index in [1.807, 2.05) is 11.8 Å². The Labute approximate surface area is 116 Å². The van der Waals surface area contributed by atoms with Crippen molar-refractivity contribution >= 4 is 23.1 Å². The van der Waals surface area contributed by atoms with Gasteiger partial charge in [0.1, 0.15) is 10.8 Å². The highest BCUT2D eigenvalue weighted by Crippen LogP contribution is 2.15. The fourth-order valence-electron chi connectivity index (χ4n) is 2.09. The molecule has 1 saturated heterocycles. The van der Waals surface area contributed by atoms with Crippen LogP contribution in [-0.2, 0) is 11.3 Å². The van der Waals surface area contributed by atoms with Gasteiger partial charge in [0.15, 0.2) is 0 Å². The predicted octanol–water partition coefficient (Wildman–Crippen LogP) is 0.780. The molecule has 1 amide bonds. The van der Waals surface area contributed by atoms with Gasteiger partial charge in [0.2, 0.25) is 5.91 Å². The van der Waals surface area contributed by atoms with Crippen molar-refractivity contribution in [2.24, 2.45) is 5.73 Å². The highest BCUT2D eigenvalue weighted by molar-refractivity contribution is 7.80. The molecule has 0 aliphatic carbocycles. The number of nitrogens with zero attached hydrogens (tertiary/aromatic N) is 1. The zero-order valence-corrected chi connectivity index (χ0v) is 11.5. The summed E-state index contributed by atoms with van der Waals surface area (Å²) in [6.45, 7) is 3.52. The van der Waals surface area contributed by atoms with E-state index in [1.54, 1.807) is 12.1 Å². The van der Waals surface area contributed by atoms with Crippen LogP contribution in [0.15, 0.2) is 18.2 Å². The third-order valence-electron chi connectivity index (χ3n) is 3.34. The van der Waals surface area contributed by atoms with Crippen molar-refractivity contribution in [2.45, 2.75) is 19.5 Å². The minimum Gasteiger partial charge on any atom is -0.389 e. The molecule has 4 nitrogen and oxygen atoms in total. The van der Waals surface area contributed by atoms with Crippen LogP contribution in [0.4, 0.5) is 4.39 Å². The summed E-state index contributed by atoms with van der Waals surface area (Å²) in [5.41, 5.74) is 6.52. The van der Waals surface area contributed by atoms with Gasteiger partial charge in [-0.15, -0.1) is 0 Å². The van der Waals surface area contributed by atoms with E-state index in [0.717, 1.165) is 0 Å². The lowest BCUT2D eigenvalue weighted by Gasteiger charge is -2.32. The van der Waals surface area contributed by atoms with Gasteiger partial charge < -0.3 is 11.1 Å². The van der Waals surface area contributed by atoms with Gasteiger partial charge in [-0.2, -0.15) is 0 Å². The first-order valence-electron chi connectivity index (χ1n) is 6.09. The second kappa shape index (κ2) is 5.63. The minimum absolute atomic E-state index is 0.0218. The number of thiocarbonyl (C=S) groups is 1. The van der Waals surface area contributed by atoms with Crippen molar-refractivity contribution in [1.29, 1.82) is 0 Å². The normalized spacial score (nSPS) is 20.1. The summed E-state index contributed by atoms with van der Waals surface area (Å²) in [4.78, 5) is 13.7. The number of hydrogen-bond donors (Lipinski definition) is 2. The first kappa shape index (κ1) is 13.9. The lowest BCUT2D eigenvalue weighted by Crippen LogP contribution is -2.53. The average Bonchev–Trinajstić information content (AvgIpc) is 2.37. The largest absolute Gasteiger partial charge is 0.389 e. The summed E-state index contributed by atoms with van der Waals surface area (Å²) in [6, 6.07) is 4.47. The number of amides is 1. The van der Waals surface area contributed by atoms with Gasteiger partial charge in [-0.3, -0.25) is 9.69 Å². The smallest absolute Gasteiger partial charge is 0.237 e. The number of benzene rings is 1. The second-order valence-corrected chi connectivity index (χ2v) is 5.05. The molecule has 1 aliphatic heterocycles. The Morgan fingerprint density at radius 3 is 3.00 bits per heavy atom. The Morgan fingerprint density at radius 1 is 1.63 bits per heavy atom. The number of piperazine rings is 1. The molecule has 1 aliphatic rings. The van der Waals surface area contributed by atoms with Gasteiger partial charge in [0.25, 0.3) is 0 Å². The van der Waals surface area contributed by atoms with Crippen LogP contribution in [0.25, 0.3) is 0 Å². The highest BCUT2D eigenvalue weighted by Gasteiger charge is 2.25. The maximum absolute atomic E-state index is 13.9. The number of nitrogens with two attached hydrogens (primary N) is 1. The Balaban J connectivity index is 2.15. The van der Waals surface area contributed by atoms with Crippen LogP contribution in [-0.4, -0.2) is 34.9 Å². The molecule has 0 saturated carbocycles.